The fraction of sp³-hybridized carbons (Fsp3) is 0.0455. The molecule has 29 heavy (non-hydrogen) atoms. The molecule has 3 aromatic carbocycles. The SMILES string of the molecule is O=C(COC(=O)c1ccc2ncoc2c1)Nc1ccc(Oc2ccccc2)cc1. The van der Waals surface area contributed by atoms with Gasteiger partial charge in [0.2, 0.25) is 0 Å². The van der Waals surface area contributed by atoms with Crippen molar-refractivity contribution in [3.05, 3.63) is 84.8 Å². The predicted octanol–water partition coefficient (Wildman–Crippen LogP) is 4.42. The molecule has 0 aliphatic carbocycles. The number of fused-ring (bicyclic) bond motifs is 1. The molecule has 1 N–H and O–H groups in total. The van der Waals surface area contributed by atoms with Gasteiger partial charge in [-0.2, -0.15) is 0 Å². The van der Waals surface area contributed by atoms with Crippen molar-refractivity contribution in [2.75, 3.05) is 11.9 Å². The highest BCUT2D eigenvalue weighted by molar-refractivity contribution is 5.96. The number of nitrogens with zero attached hydrogens (tertiary/aromatic N) is 1. The average molecular weight is 388 g/mol. The first-order chi connectivity index (χ1) is 14.2. The molecule has 1 heterocycles. The van der Waals surface area contributed by atoms with Gasteiger partial charge in [0, 0.05) is 5.69 Å². The van der Waals surface area contributed by atoms with Crippen LogP contribution in [0.25, 0.3) is 11.1 Å². The first-order valence-electron chi connectivity index (χ1n) is 8.80. The number of para-hydroxylation sites is 1. The number of carbonyl (C=O) groups excluding carboxylic acids is 2. The van der Waals surface area contributed by atoms with Gasteiger partial charge in [0.1, 0.15) is 17.0 Å². The molecular weight excluding hydrogens is 372 g/mol. The van der Waals surface area contributed by atoms with Crippen LogP contribution in [-0.2, 0) is 9.53 Å². The van der Waals surface area contributed by atoms with Gasteiger partial charge in [-0.05, 0) is 54.6 Å². The molecule has 1 amide bonds. The maximum Gasteiger partial charge on any atom is 0.338 e. The average Bonchev–Trinajstić information content (AvgIpc) is 3.22. The molecule has 0 fully saturated rings. The zero-order chi connectivity index (χ0) is 20.1. The van der Waals surface area contributed by atoms with Gasteiger partial charge in [0.15, 0.2) is 18.6 Å². The van der Waals surface area contributed by atoms with Gasteiger partial charge in [-0.15, -0.1) is 0 Å². The third-order valence-electron chi connectivity index (χ3n) is 4.02. The molecule has 0 spiro atoms. The number of anilines is 1. The van der Waals surface area contributed by atoms with Crippen LogP contribution in [0.1, 0.15) is 10.4 Å². The van der Waals surface area contributed by atoms with Crippen LogP contribution < -0.4 is 10.1 Å². The van der Waals surface area contributed by atoms with Gasteiger partial charge in [-0.25, -0.2) is 9.78 Å². The van der Waals surface area contributed by atoms with Crippen LogP contribution in [-0.4, -0.2) is 23.5 Å². The third-order valence-corrected chi connectivity index (χ3v) is 4.02. The summed E-state index contributed by atoms with van der Waals surface area (Å²) < 4.78 is 15.9. The number of hydrogen-bond donors (Lipinski definition) is 1. The van der Waals surface area contributed by atoms with E-state index in [4.69, 9.17) is 13.9 Å². The number of aromatic nitrogens is 1. The number of oxazole rings is 1. The summed E-state index contributed by atoms with van der Waals surface area (Å²) in [7, 11) is 0. The summed E-state index contributed by atoms with van der Waals surface area (Å²) in [6.07, 6.45) is 1.30. The molecule has 0 radical (unpaired) electrons. The Hall–Kier alpha value is -4.13. The number of esters is 1. The molecule has 4 rings (SSSR count). The second-order valence-electron chi connectivity index (χ2n) is 6.10. The molecule has 0 aliphatic heterocycles. The highest BCUT2D eigenvalue weighted by atomic mass is 16.5. The van der Waals surface area contributed by atoms with Crippen LogP contribution >= 0.6 is 0 Å². The minimum Gasteiger partial charge on any atom is -0.457 e. The number of rotatable bonds is 6. The lowest BCUT2D eigenvalue weighted by Gasteiger charge is -2.08. The first-order valence-corrected chi connectivity index (χ1v) is 8.80. The first kappa shape index (κ1) is 18.2. The molecule has 0 saturated heterocycles. The Kier molecular flexibility index (Phi) is 5.20. The Balaban J connectivity index is 1.29. The molecule has 1 aromatic heterocycles. The normalized spacial score (nSPS) is 10.5. The zero-order valence-corrected chi connectivity index (χ0v) is 15.2. The molecule has 0 bridgehead atoms. The Bertz CT molecular complexity index is 1140. The van der Waals surface area contributed by atoms with Crippen molar-refractivity contribution in [2.45, 2.75) is 0 Å². The van der Waals surface area contributed by atoms with E-state index >= 15 is 0 Å². The Morgan fingerprint density at radius 2 is 1.69 bits per heavy atom. The summed E-state index contributed by atoms with van der Waals surface area (Å²) in [6, 6.07) is 21.0. The van der Waals surface area contributed by atoms with E-state index in [9.17, 15) is 9.59 Å². The monoisotopic (exact) mass is 388 g/mol. The molecule has 144 valence electrons. The van der Waals surface area contributed by atoms with Crippen molar-refractivity contribution in [1.29, 1.82) is 0 Å². The summed E-state index contributed by atoms with van der Waals surface area (Å²) in [4.78, 5) is 28.1. The predicted molar refractivity (Wildman–Crippen MR) is 106 cm³/mol. The minimum atomic E-state index is -0.620. The fourth-order valence-electron chi connectivity index (χ4n) is 2.62. The van der Waals surface area contributed by atoms with Crippen LogP contribution in [0.5, 0.6) is 11.5 Å². The van der Waals surface area contributed by atoms with E-state index < -0.39 is 18.5 Å². The Morgan fingerprint density at radius 3 is 2.48 bits per heavy atom. The van der Waals surface area contributed by atoms with E-state index in [0.29, 0.717) is 22.5 Å². The number of benzene rings is 3. The van der Waals surface area contributed by atoms with E-state index in [1.54, 1.807) is 36.4 Å². The van der Waals surface area contributed by atoms with Crippen LogP contribution in [0.2, 0.25) is 0 Å². The highest BCUT2D eigenvalue weighted by Crippen LogP contribution is 2.22. The van der Waals surface area contributed by atoms with Gasteiger partial charge in [-0.1, -0.05) is 18.2 Å². The van der Waals surface area contributed by atoms with E-state index in [1.807, 2.05) is 30.3 Å². The van der Waals surface area contributed by atoms with Crippen molar-refractivity contribution >= 4 is 28.7 Å². The molecular formula is C22H16N2O5. The third kappa shape index (κ3) is 4.59. The summed E-state index contributed by atoms with van der Waals surface area (Å²) >= 11 is 0. The number of nitrogens with one attached hydrogen (secondary N) is 1. The quantitative estimate of drug-likeness (QED) is 0.492. The smallest absolute Gasteiger partial charge is 0.338 e. The van der Waals surface area contributed by atoms with Crippen molar-refractivity contribution in [2.24, 2.45) is 0 Å². The lowest BCUT2D eigenvalue weighted by molar-refractivity contribution is -0.119. The van der Waals surface area contributed by atoms with Gasteiger partial charge < -0.3 is 19.2 Å². The number of hydrogen-bond acceptors (Lipinski definition) is 6. The van der Waals surface area contributed by atoms with E-state index in [-0.39, 0.29) is 5.56 Å². The van der Waals surface area contributed by atoms with Crippen LogP contribution in [0.15, 0.2) is 83.6 Å². The fourth-order valence-corrected chi connectivity index (χ4v) is 2.62. The molecule has 0 atom stereocenters. The maximum atomic E-state index is 12.1. The highest BCUT2D eigenvalue weighted by Gasteiger charge is 2.12. The van der Waals surface area contributed by atoms with Crippen molar-refractivity contribution in [1.82, 2.24) is 4.98 Å². The molecule has 7 heteroatoms. The van der Waals surface area contributed by atoms with Crippen LogP contribution in [0.4, 0.5) is 5.69 Å². The molecule has 7 nitrogen and oxygen atoms in total. The molecule has 0 saturated carbocycles. The molecule has 0 aliphatic rings. The van der Waals surface area contributed by atoms with Gasteiger partial charge in [0.25, 0.3) is 5.91 Å². The molecule has 4 aromatic rings. The second kappa shape index (κ2) is 8.26. The van der Waals surface area contributed by atoms with Gasteiger partial charge in [-0.3, -0.25) is 4.79 Å². The summed E-state index contributed by atoms with van der Waals surface area (Å²) in [5.74, 6) is 0.295. The second-order valence-corrected chi connectivity index (χ2v) is 6.10. The van der Waals surface area contributed by atoms with Crippen LogP contribution in [0.3, 0.4) is 0 Å². The molecule has 0 unspecified atom stereocenters. The zero-order valence-electron chi connectivity index (χ0n) is 15.2. The number of amides is 1. The number of carbonyl (C=O) groups is 2. The van der Waals surface area contributed by atoms with Crippen molar-refractivity contribution in [3.63, 3.8) is 0 Å². The largest absolute Gasteiger partial charge is 0.457 e. The van der Waals surface area contributed by atoms with E-state index in [0.717, 1.165) is 5.75 Å². The van der Waals surface area contributed by atoms with Gasteiger partial charge in [0.05, 0.1) is 5.56 Å². The summed E-state index contributed by atoms with van der Waals surface area (Å²) in [5.41, 5.74) is 1.96. The van der Waals surface area contributed by atoms with Crippen molar-refractivity contribution < 1.29 is 23.5 Å². The minimum absolute atomic E-state index is 0.282. The van der Waals surface area contributed by atoms with Crippen LogP contribution in [0, 0.1) is 0 Å². The van der Waals surface area contributed by atoms with Gasteiger partial charge >= 0.3 is 5.97 Å². The lowest BCUT2D eigenvalue weighted by Crippen LogP contribution is -2.20. The lowest BCUT2D eigenvalue weighted by atomic mass is 10.2. The Labute approximate surface area is 165 Å². The van der Waals surface area contributed by atoms with Crippen molar-refractivity contribution in [3.8, 4) is 11.5 Å². The summed E-state index contributed by atoms with van der Waals surface area (Å²) in [6.45, 7) is -0.407. The van der Waals surface area contributed by atoms with E-state index in [2.05, 4.69) is 10.3 Å². The maximum absolute atomic E-state index is 12.1. The standard InChI is InChI=1S/C22H16N2O5/c25-21(13-27-22(26)15-6-11-19-20(12-15)28-14-23-19)24-16-7-9-18(10-8-16)29-17-4-2-1-3-5-17/h1-12,14H,13H2,(H,24,25). The number of ether oxygens (including phenoxy) is 2. The Morgan fingerprint density at radius 1 is 0.931 bits per heavy atom. The van der Waals surface area contributed by atoms with E-state index in [1.165, 1.54) is 12.5 Å². The topological polar surface area (TPSA) is 90.7 Å². The summed E-state index contributed by atoms with van der Waals surface area (Å²) in [5, 5.41) is 2.67.